The van der Waals surface area contributed by atoms with Crippen molar-refractivity contribution in [3.8, 4) is 0 Å². The molecule has 0 N–H and O–H groups in total. The number of para-hydroxylation sites is 1. The van der Waals surface area contributed by atoms with Crippen LogP contribution < -0.4 is 4.90 Å². The van der Waals surface area contributed by atoms with Crippen LogP contribution in [0, 0.1) is 0 Å². The lowest BCUT2D eigenvalue weighted by Gasteiger charge is -2.17. The Morgan fingerprint density at radius 2 is 2.29 bits per heavy atom. The van der Waals surface area contributed by atoms with Crippen LogP contribution in [0.2, 0.25) is 5.02 Å². The van der Waals surface area contributed by atoms with E-state index in [-0.39, 0.29) is 5.91 Å². The molecule has 1 amide bonds. The van der Waals surface area contributed by atoms with E-state index in [1.54, 1.807) is 21.8 Å². The van der Waals surface area contributed by atoms with E-state index in [9.17, 15) is 4.79 Å². The molecule has 0 saturated carbocycles. The molecule has 0 bridgehead atoms. The number of carbonyl (C=O) groups excluding carboxylic acids is 1. The number of benzene rings is 1. The van der Waals surface area contributed by atoms with Gasteiger partial charge >= 0.3 is 0 Å². The van der Waals surface area contributed by atoms with Crippen LogP contribution in [0.5, 0.6) is 0 Å². The van der Waals surface area contributed by atoms with Crippen molar-refractivity contribution >= 4 is 44.2 Å². The number of fused-ring (bicyclic) bond motifs is 1. The molecule has 1 aromatic carbocycles. The zero-order valence-corrected chi connectivity index (χ0v) is 12.9. The first kappa shape index (κ1) is 14.0. The molecule has 0 aliphatic rings. The number of anilines is 1. The zero-order valence-electron chi connectivity index (χ0n) is 11.4. The van der Waals surface area contributed by atoms with Crippen molar-refractivity contribution in [2.75, 3.05) is 11.4 Å². The first-order valence-corrected chi connectivity index (χ1v) is 7.65. The van der Waals surface area contributed by atoms with Gasteiger partial charge in [-0.2, -0.15) is 5.10 Å². The summed E-state index contributed by atoms with van der Waals surface area (Å²) in [5.41, 5.74) is 0.740. The summed E-state index contributed by atoms with van der Waals surface area (Å²) in [6.07, 6.45) is 3.59. The SMILES string of the molecule is CC(=O)N(CCn1cccn1)c1nc2c(Cl)cccc2s1. The normalized spacial score (nSPS) is 11.0. The van der Waals surface area contributed by atoms with Crippen molar-refractivity contribution in [1.82, 2.24) is 14.8 Å². The van der Waals surface area contributed by atoms with Crippen molar-refractivity contribution in [3.63, 3.8) is 0 Å². The fourth-order valence-corrected chi connectivity index (χ4v) is 3.38. The van der Waals surface area contributed by atoms with E-state index >= 15 is 0 Å². The largest absolute Gasteiger partial charge is 0.286 e. The molecule has 0 aliphatic carbocycles. The monoisotopic (exact) mass is 320 g/mol. The van der Waals surface area contributed by atoms with Crippen LogP contribution in [0.15, 0.2) is 36.7 Å². The van der Waals surface area contributed by atoms with Gasteiger partial charge in [-0.15, -0.1) is 0 Å². The molecule has 0 unspecified atom stereocenters. The van der Waals surface area contributed by atoms with E-state index in [1.807, 2.05) is 24.4 Å². The average Bonchev–Trinajstić information content (AvgIpc) is 3.08. The van der Waals surface area contributed by atoms with Crippen molar-refractivity contribution in [1.29, 1.82) is 0 Å². The Morgan fingerprint density at radius 1 is 1.43 bits per heavy atom. The summed E-state index contributed by atoms with van der Waals surface area (Å²) in [5.74, 6) is -0.0441. The van der Waals surface area contributed by atoms with Crippen LogP contribution in [-0.4, -0.2) is 27.2 Å². The summed E-state index contributed by atoms with van der Waals surface area (Å²) in [7, 11) is 0. The van der Waals surface area contributed by atoms with E-state index in [4.69, 9.17) is 11.6 Å². The molecule has 108 valence electrons. The second-order valence-corrected chi connectivity index (χ2v) is 5.94. The highest BCUT2D eigenvalue weighted by molar-refractivity contribution is 7.22. The number of nitrogens with zero attached hydrogens (tertiary/aromatic N) is 4. The Morgan fingerprint density at radius 3 is 2.95 bits per heavy atom. The number of aromatic nitrogens is 3. The second-order valence-electron chi connectivity index (χ2n) is 4.52. The van der Waals surface area contributed by atoms with E-state index < -0.39 is 0 Å². The van der Waals surface area contributed by atoms with E-state index in [0.29, 0.717) is 23.2 Å². The Hall–Kier alpha value is -1.92. The minimum atomic E-state index is -0.0441. The van der Waals surface area contributed by atoms with Gasteiger partial charge in [-0.3, -0.25) is 14.4 Å². The van der Waals surface area contributed by atoms with Crippen LogP contribution in [-0.2, 0) is 11.3 Å². The molecule has 21 heavy (non-hydrogen) atoms. The van der Waals surface area contributed by atoms with Gasteiger partial charge in [0, 0.05) is 25.9 Å². The highest BCUT2D eigenvalue weighted by Gasteiger charge is 2.17. The molecule has 0 radical (unpaired) electrons. The van der Waals surface area contributed by atoms with Crippen LogP contribution in [0.4, 0.5) is 5.13 Å². The van der Waals surface area contributed by atoms with Gasteiger partial charge in [0.15, 0.2) is 5.13 Å². The van der Waals surface area contributed by atoms with E-state index in [0.717, 1.165) is 10.2 Å². The van der Waals surface area contributed by atoms with Gasteiger partial charge in [-0.05, 0) is 18.2 Å². The number of amides is 1. The van der Waals surface area contributed by atoms with E-state index in [2.05, 4.69) is 10.1 Å². The molecule has 0 fully saturated rings. The molecule has 3 aromatic rings. The highest BCUT2D eigenvalue weighted by Crippen LogP contribution is 2.32. The third-order valence-electron chi connectivity index (χ3n) is 3.08. The van der Waals surface area contributed by atoms with Crippen LogP contribution in [0.1, 0.15) is 6.92 Å². The molecule has 7 heteroatoms. The lowest BCUT2D eigenvalue weighted by molar-refractivity contribution is -0.116. The quantitative estimate of drug-likeness (QED) is 0.741. The summed E-state index contributed by atoms with van der Waals surface area (Å²) < 4.78 is 2.76. The number of thiazole rings is 1. The summed E-state index contributed by atoms with van der Waals surface area (Å²) in [4.78, 5) is 18.0. The van der Waals surface area contributed by atoms with Crippen LogP contribution >= 0.6 is 22.9 Å². The van der Waals surface area contributed by atoms with Gasteiger partial charge < -0.3 is 0 Å². The summed E-state index contributed by atoms with van der Waals surface area (Å²) in [5, 5.41) is 5.41. The number of hydrogen-bond acceptors (Lipinski definition) is 4. The Bertz CT molecular complexity index is 768. The molecule has 2 heterocycles. The van der Waals surface area contributed by atoms with Gasteiger partial charge in [0.05, 0.1) is 16.3 Å². The molecule has 5 nitrogen and oxygen atoms in total. The predicted molar refractivity (Wildman–Crippen MR) is 84.9 cm³/mol. The van der Waals surface area contributed by atoms with Crippen molar-refractivity contribution in [2.24, 2.45) is 0 Å². The topological polar surface area (TPSA) is 51.0 Å². The predicted octanol–water partition coefficient (Wildman–Crippen LogP) is 3.20. The maximum atomic E-state index is 11.9. The van der Waals surface area contributed by atoms with Gasteiger partial charge in [-0.1, -0.05) is 29.0 Å². The molecule has 3 rings (SSSR count). The van der Waals surface area contributed by atoms with Crippen molar-refractivity contribution in [3.05, 3.63) is 41.7 Å². The number of hydrogen-bond donors (Lipinski definition) is 0. The fraction of sp³-hybridized carbons (Fsp3) is 0.214. The maximum absolute atomic E-state index is 11.9. The van der Waals surface area contributed by atoms with Crippen molar-refractivity contribution in [2.45, 2.75) is 13.5 Å². The number of halogens is 1. The summed E-state index contributed by atoms with van der Waals surface area (Å²) in [6, 6.07) is 7.49. The summed E-state index contributed by atoms with van der Waals surface area (Å²) in [6.45, 7) is 2.68. The number of carbonyl (C=O) groups is 1. The van der Waals surface area contributed by atoms with Gasteiger partial charge in [0.2, 0.25) is 5.91 Å². The first-order chi connectivity index (χ1) is 10.1. The fourth-order valence-electron chi connectivity index (χ4n) is 2.04. The van der Waals surface area contributed by atoms with Crippen LogP contribution in [0.3, 0.4) is 0 Å². The lowest BCUT2D eigenvalue weighted by Crippen LogP contribution is -2.31. The van der Waals surface area contributed by atoms with E-state index in [1.165, 1.54) is 18.3 Å². The third-order valence-corrected chi connectivity index (χ3v) is 4.43. The third kappa shape index (κ3) is 2.91. The van der Waals surface area contributed by atoms with Gasteiger partial charge in [0.1, 0.15) is 5.52 Å². The molecule has 0 atom stereocenters. The molecule has 0 saturated heterocycles. The molecular formula is C14H13ClN4OS. The molecule has 2 aromatic heterocycles. The Balaban J connectivity index is 1.88. The Kier molecular flexibility index (Phi) is 3.90. The Labute approximate surface area is 130 Å². The van der Waals surface area contributed by atoms with Crippen LogP contribution in [0.25, 0.3) is 10.2 Å². The zero-order chi connectivity index (χ0) is 14.8. The maximum Gasteiger partial charge on any atom is 0.225 e. The average molecular weight is 321 g/mol. The van der Waals surface area contributed by atoms with Crippen molar-refractivity contribution < 1.29 is 4.79 Å². The molecular weight excluding hydrogens is 308 g/mol. The van der Waals surface area contributed by atoms with Gasteiger partial charge in [0.25, 0.3) is 0 Å². The first-order valence-electron chi connectivity index (χ1n) is 6.46. The smallest absolute Gasteiger partial charge is 0.225 e. The van der Waals surface area contributed by atoms with Gasteiger partial charge in [-0.25, -0.2) is 4.98 Å². The minimum Gasteiger partial charge on any atom is -0.286 e. The molecule has 0 aliphatic heterocycles. The number of rotatable bonds is 4. The summed E-state index contributed by atoms with van der Waals surface area (Å²) >= 11 is 7.60. The minimum absolute atomic E-state index is 0.0441. The second kappa shape index (κ2) is 5.83. The molecule has 0 spiro atoms. The standard InChI is InChI=1S/C14H13ClN4OS/c1-10(20)19(9-8-18-7-3-6-16-18)14-17-13-11(15)4-2-5-12(13)21-14/h2-7H,8-9H2,1H3. The highest BCUT2D eigenvalue weighted by atomic mass is 35.5. The lowest BCUT2D eigenvalue weighted by atomic mass is 10.3.